The highest BCUT2D eigenvalue weighted by molar-refractivity contribution is 5.87. The van der Waals surface area contributed by atoms with E-state index in [0.29, 0.717) is 13.1 Å². The Labute approximate surface area is 140 Å². The van der Waals surface area contributed by atoms with Crippen molar-refractivity contribution >= 4 is 17.6 Å². The van der Waals surface area contributed by atoms with Gasteiger partial charge in [-0.1, -0.05) is 30.4 Å². The van der Waals surface area contributed by atoms with E-state index in [4.69, 9.17) is 4.74 Å². The van der Waals surface area contributed by atoms with Crippen LogP contribution in [0, 0.1) is 11.8 Å². The second-order valence-corrected chi connectivity index (χ2v) is 6.49. The number of rotatable bonds is 3. The summed E-state index contributed by atoms with van der Waals surface area (Å²) >= 11 is 0. The Hall–Kier alpha value is -2.34. The van der Waals surface area contributed by atoms with Crippen molar-refractivity contribution in [3.05, 3.63) is 42.5 Å². The molecule has 3 aliphatic rings. The molecule has 3 aliphatic heterocycles. The molecule has 1 aromatic carbocycles. The third kappa shape index (κ3) is 2.47. The zero-order valence-corrected chi connectivity index (χ0v) is 13.2. The first kappa shape index (κ1) is 15.2. The summed E-state index contributed by atoms with van der Waals surface area (Å²) in [4.78, 5) is 28.4. The number of amides is 1. The lowest BCUT2D eigenvalue weighted by molar-refractivity contribution is -0.149. The molecule has 2 fully saturated rings. The van der Waals surface area contributed by atoms with Crippen LogP contribution in [0.25, 0.3) is 0 Å². The average Bonchev–Trinajstić information content (AvgIpc) is 3.23. The van der Waals surface area contributed by atoms with E-state index in [2.05, 4.69) is 17.0 Å². The molecule has 126 valence electrons. The van der Waals surface area contributed by atoms with Gasteiger partial charge in [-0.05, 0) is 12.1 Å². The fraction of sp³-hybridized carbons (Fsp3) is 0.444. The second kappa shape index (κ2) is 5.94. The van der Waals surface area contributed by atoms with Gasteiger partial charge in [0.2, 0.25) is 5.91 Å². The number of fused-ring (bicyclic) bond motifs is 2. The topological polar surface area (TPSA) is 70.1 Å². The maximum Gasteiger partial charge on any atom is 0.310 e. The average molecular weight is 328 g/mol. The Morgan fingerprint density at radius 2 is 1.58 bits per heavy atom. The van der Waals surface area contributed by atoms with Crippen LogP contribution in [0.3, 0.4) is 0 Å². The molecule has 4 rings (SSSR count). The van der Waals surface area contributed by atoms with Crippen molar-refractivity contribution in [3.8, 4) is 0 Å². The summed E-state index contributed by atoms with van der Waals surface area (Å²) in [5.74, 6) is -2.40. The molecule has 2 saturated heterocycles. The monoisotopic (exact) mass is 328 g/mol. The number of carbonyl (C=O) groups excluding carboxylic acids is 1. The number of aliphatic carboxylic acids is 1. The maximum absolute atomic E-state index is 12.9. The van der Waals surface area contributed by atoms with E-state index in [0.717, 1.165) is 18.8 Å². The number of hydrogen-bond acceptors (Lipinski definition) is 4. The molecule has 0 radical (unpaired) electrons. The molecule has 6 heteroatoms. The van der Waals surface area contributed by atoms with Crippen molar-refractivity contribution in [1.82, 2.24) is 4.90 Å². The van der Waals surface area contributed by atoms with Crippen LogP contribution in [-0.4, -0.2) is 60.3 Å². The SMILES string of the molecule is O=C(O)[C@@H]1[C@H](C(=O)N2CCN(c3ccccc3)CC2)[C@H]2C=C[C@H]1O2. The Bertz CT molecular complexity index is 667. The molecule has 4 atom stereocenters. The van der Waals surface area contributed by atoms with E-state index in [9.17, 15) is 14.7 Å². The van der Waals surface area contributed by atoms with Crippen LogP contribution in [0.1, 0.15) is 0 Å². The molecule has 3 heterocycles. The number of anilines is 1. The second-order valence-electron chi connectivity index (χ2n) is 6.49. The molecule has 24 heavy (non-hydrogen) atoms. The number of carboxylic acids is 1. The van der Waals surface area contributed by atoms with Crippen LogP contribution >= 0.6 is 0 Å². The quantitative estimate of drug-likeness (QED) is 0.838. The number of carbonyl (C=O) groups is 2. The molecule has 0 aliphatic carbocycles. The van der Waals surface area contributed by atoms with Crippen LogP contribution in [0.4, 0.5) is 5.69 Å². The van der Waals surface area contributed by atoms with Gasteiger partial charge in [-0.15, -0.1) is 0 Å². The number of piperazine rings is 1. The minimum atomic E-state index is -0.951. The smallest absolute Gasteiger partial charge is 0.310 e. The number of benzene rings is 1. The predicted molar refractivity (Wildman–Crippen MR) is 87.7 cm³/mol. The summed E-state index contributed by atoms with van der Waals surface area (Å²) in [6.07, 6.45) is 2.73. The van der Waals surface area contributed by atoms with Gasteiger partial charge in [0, 0.05) is 31.9 Å². The number of hydrogen-bond donors (Lipinski definition) is 1. The molecular weight excluding hydrogens is 308 g/mol. The summed E-state index contributed by atoms with van der Waals surface area (Å²) in [6.45, 7) is 2.73. The Morgan fingerprint density at radius 1 is 0.958 bits per heavy atom. The largest absolute Gasteiger partial charge is 0.481 e. The summed E-state index contributed by atoms with van der Waals surface area (Å²) in [5, 5.41) is 9.45. The van der Waals surface area contributed by atoms with Gasteiger partial charge >= 0.3 is 5.97 Å². The molecule has 1 amide bonds. The standard InChI is InChI=1S/C18H20N2O4/c21-17(15-13-6-7-14(24-13)16(15)18(22)23)20-10-8-19(9-11-20)12-4-2-1-3-5-12/h1-7,13-16H,8-11H2,(H,22,23)/t13-,14-,15-,16+/m1/s1. The van der Waals surface area contributed by atoms with Crippen LogP contribution in [-0.2, 0) is 14.3 Å². The summed E-state index contributed by atoms with van der Waals surface area (Å²) in [6, 6.07) is 10.1. The molecule has 0 aromatic heterocycles. The minimum absolute atomic E-state index is 0.0908. The fourth-order valence-electron chi connectivity index (χ4n) is 3.93. The zero-order chi connectivity index (χ0) is 16.7. The lowest BCUT2D eigenvalue weighted by atomic mass is 9.82. The van der Waals surface area contributed by atoms with Crippen molar-refractivity contribution in [3.63, 3.8) is 0 Å². The summed E-state index contributed by atoms with van der Waals surface area (Å²) in [5.41, 5.74) is 1.15. The van der Waals surface area contributed by atoms with Crippen LogP contribution < -0.4 is 4.90 Å². The minimum Gasteiger partial charge on any atom is -0.481 e. The van der Waals surface area contributed by atoms with Crippen molar-refractivity contribution in [1.29, 1.82) is 0 Å². The summed E-state index contributed by atoms with van der Waals surface area (Å²) < 4.78 is 5.61. The van der Waals surface area contributed by atoms with Gasteiger partial charge in [0.1, 0.15) is 5.92 Å². The molecule has 0 unspecified atom stereocenters. The predicted octanol–water partition coefficient (Wildman–Crippen LogP) is 0.989. The van der Waals surface area contributed by atoms with E-state index in [1.165, 1.54) is 0 Å². The van der Waals surface area contributed by atoms with E-state index in [1.807, 2.05) is 24.3 Å². The third-order valence-corrected chi connectivity index (χ3v) is 5.18. The number of para-hydroxylation sites is 1. The molecule has 1 N–H and O–H groups in total. The van der Waals surface area contributed by atoms with E-state index in [1.54, 1.807) is 11.0 Å². The summed E-state index contributed by atoms with van der Waals surface area (Å²) in [7, 11) is 0. The first-order chi connectivity index (χ1) is 11.6. The van der Waals surface area contributed by atoms with Gasteiger partial charge in [-0.2, -0.15) is 0 Å². The van der Waals surface area contributed by atoms with E-state index >= 15 is 0 Å². The molecule has 1 aromatic rings. The van der Waals surface area contributed by atoms with Gasteiger partial charge in [-0.25, -0.2) is 0 Å². The van der Waals surface area contributed by atoms with Gasteiger partial charge < -0.3 is 19.6 Å². The lowest BCUT2D eigenvalue weighted by Crippen LogP contribution is -2.53. The third-order valence-electron chi connectivity index (χ3n) is 5.18. The number of nitrogens with zero attached hydrogens (tertiary/aromatic N) is 2. The Morgan fingerprint density at radius 3 is 2.21 bits per heavy atom. The number of ether oxygens (including phenoxy) is 1. The first-order valence-electron chi connectivity index (χ1n) is 8.30. The lowest BCUT2D eigenvalue weighted by Gasteiger charge is -2.38. The van der Waals surface area contributed by atoms with Crippen LogP contribution in [0.2, 0.25) is 0 Å². The normalized spacial score (nSPS) is 31.5. The molecular formula is C18H20N2O4. The van der Waals surface area contributed by atoms with Gasteiger partial charge in [-0.3, -0.25) is 9.59 Å². The van der Waals surface area contributed by atoms with Crippen molar-refractivity contribution in [2.75, 3.05) is 31.1 Å². The van der Waals surface area contributed by atoms with Crippen molar-refractivity contribution < 1.29 is 19.4 Å². The van der Waals surface area contributed by atoms with Crippen molar-refractivity contribution in [2.45, 2.75) is 12.2 Å². The fourth-order valence-corrected chi connectivity index (χ4v) is 3.93. The number of carboxylic acid groups (broad SMARTS) is 1. The first-order valence-corrected chi connectivity index (χ1v) is 8.30. The van der Waals surface area contributed by atoms with Gasteiger partial charge in [0.05, 0.1) is 18.1 Å². The van der Waals surface area contributed by atoms with Gasteiger partial charge in [0.15, 0.2) is 0 Å². The Balaban J connectivity index is 1.43. The molecule has 6 nitrogen and oxygen atoms in total. The Kier molecular flexibility index (Phi) is 3.76. The highest BCUT2D eigenvalue weighted by atomic mass is 16.5. The zero-order valence-electron chi connectivity index (χ0n) is 13.2. The van der Waals surface area contributed by atoms with Crippen LogP contribution in [0.5, 0.6) is 0 Å². The molecule has 0 spiro atoms. The van der Waals surface area contributed by atoms with Gasteiger partial charge in [0.25, 0.3) is 0 Å². The highest BCUT2D eigenvalue weighted by Crippen LogP contribution is 2.40. The maximum atomic E-state index is 12.9. The van der Waals surface area contributed by atoms with Crippen molar-refractivity contribution in [2.24, 2.45) is 11.8 Å². The highest BCUT2D eigenvalue weighted by Gasteiger charge is 2.54. The van der Waals surface area contributed by atoms with E-state index in [-0.39, 0.29) is 5.91 Å². The van der Waals surface area contributed by atoms with Crippen LogP contribution in [0.15, 0.2) is 42.5 Å². The molecule has 0 saturated carbocycles. The van der Waals surface area contributed by atoms with E-state index < -0.39 is 30.0 Å². The molecule has 2 bridgehead atoms.